The summed E-state index contributed by atoms with van der Waals surface area (Å²) in [7, 11) is 1.63. The molecule has 1 N–H and O–H groups in total. The first-order valence-corrected chi connectivity index (χ1v) is 10.9. The van der Waals surface area contributed by atoms with Crippen LogP contribution in [0.4, 0.5) is 0 Å². The normalized spacial score (nSPS) is 11.2. The zero-order valence-electron chi connectivity index (χ0n) is 18.8. The van der Waals surface area contributed by atoms with Crippen LogP contribution in [0.1, 0.15) is 11.3 Å². The number of carbonyl (C=O) groups excluding carboxylic acids is 1. The van der Waals surface area contributed by atoms with Gasteiger partial charge >= 0.3 is 5.63 Å². The van der Waals surface area contributed by atoms with E-state index in [2.05, 4.69) is 10.4 Å². The Balaban J connectivity index is 1.51. The number of amides is 1. The van der Waals surface area contributed by atoms with Crippen molar-refractivity contribution in [2.24, 2.45) is 0 Å². The standard InChI is InChI=1S/C26H23N3O5/c1-16-12-22-24(26(31)33-16)21(15-23(30)27-9-11-29-10-3-8-28-29)25(34-22)19-5-4-18-14-20(32-2)7-6-17(18)13-19/h3-8,10,12-14H,9,11,15H2,1-2H3,(H,27,30). The van der Waals surface area contributed by atoms with Crippen LogP contribution in [-0.4, -0.2) is 29.3 Å². The summed E-state index contributed by atoms with van der Waals surface area (Å²) in [4.78, 5) is 25.5. The molecule has 0 radical (unpaired) electrons. The van der Waals surface area contributed by atoms with Crippen molar-refractivity contribution in [1.82, 2.24) is 15.1 Å². The summed E-state index contributed by atoms with van der Waals surface area (Å²) >= 11 is 0. The van der Waals surface area contributed by atoms with Crippen LogP contribution in [0.15, 0.2) is 74.6 Å². The Kier molecular flexibility index (Phi) is 5.63. The number of aromatic nitrogens is 2. The fraction of sp³-hybridized carbons (Fsp3) is 0.192. The van der Waals surface area contributed by atoms with Crippen LogP contribution >= 0.6 is 0 Å². The smallest absolute Gasteiger partial charge is 0.347 e. The maximum atomic E-state index is 12.8. The van der Waals surface area contributed by atoms with E-state index in [1.807, 2.05) is 48.7 Å². The van der Waals surface area contributed by atoms with Gasteiger partial charge in [-0.3, -0.25) is 9.48 Å². The Hall–Kier alpha value is -4.33. The van der Waals surface area contributed by atoms with Crippen LogP contribution in [0.3, 0.4) is 0 Å². The quantitative estimate of drug-likeness (QED) is 0.395. The summed E-state index contributed by atoms with van der Waals surface area (Å²) in [5, 5.41) is 9.29. The minimum atomic E-state index is -0.519. The van der Waals surface area contributed by atoms with E-state index >= 15 is 0 Å². The SMILES string of the molecule is COc1ccc2cc(-c3oc4cc(C)oc(=O)c4c3CC(=O)NCCn3cccn3)ccc2c1. The molecule has 2 aromatic carbocycles. The lowest BCUT2D eigenvalue weighted by atomic mass is 10.0. The van der Waals surface area contributed by atoms with E-state index in [1.165, 1.54) is 0 Å². The van der Waals surface area contributed by atoms with Gasteiger partial charge in [0.2, 0.25) is 5.91 Å². The largest absolute Gasteiger partial charge is 0.497 e. The van der Waals surface area contributed by atoms with Gasteiger partial charge < -0.3 is 18.9 Å². The maximum absolute atomic E-state index is 12.8. The second-order valence-electron chi connectivity index (χ2n) is 8.02. The Morgan fingerprint density at radius 2 is 1.94 bits per heavy atom. The molecular weight excluding hydrogens is 434 g/mol. The number of nitrogens with zero attached hydrogens (tertiary/aromatic N) is 2. The molecule has 0 spiro atoms. The molecule has 0 aliphatic heterocycles. The number of benzene rings is 2. The topological polar surface area (TPSA) is 99.5 Å². The highest BCUT2D eigenvalue weighted by atomic mass is 16.5. The van der Waals surface area contributed by atoms with E-state index in [0.29, 0.717) is 35.8 Å². The van der Waals surface area contributed by atoms with Gasteiger partial charge in [-0.05, 0) is 42.0 Å². The van der Waals surface area contributed by atoms with Crippen molar-refractivity contribution in [2.75, 3.05) is 13.7 Å². The highest BCUT2D eigenvalue weighted by Gasteiger charge is 2.22. The molecule has 0 aliphatic carbocycles. The van der Waals surface area contributed by atoms with Gasteiger partial charge in [0.25, 0.3) is 0 Å². The predicted molar refractivity (Wildman–Crippen MR) is 128 cm³/mol. The van der Waals surface area contributed by atoms with Crippen LogP contribution in [0, 0.1) is 6.92 Å². The number of carbonyl (C=O) groups is 1. The number of ether oxygens (including phenoxy) is 1. The molecule has 0 atom stereocenters. The number of nitrogens with one attached hydrogen (secondary N) is 1. The van der Waals surface area contributed by atoms with Gasteiger partial charge in [0.05, 0.1) is 20.1 Å². The molecule has 0 bridgehead atoms. The monoisotopic (exact) mass is 457 g/mol. The van der Waals surface area contributed by atoms with Gasteiger partial charge in [-0.25, -0.2) is 4.79 Å². The summed E-state index contributed by atoms with van der Waals surface area (Å²) in [6, 6.07) is 15.1. The van der Waals surface area contributed by atoms with Crippen molar-refractivity contribution >= 4 is 27.6 Å². The van der Waals surface area contributed by atoms with Crippen molar-refractivity contribution in [3.63, 3.8) is 0 Å². The lowest BCUT2D eigenvalue weighted by Crippen LogP contribution is -2.29. The minimum absolute atomic E-state index is 0.0179. The molecule has 172 valence electrons. The lowest BCUT2D eigenvalue weighted by Gasteiger charge is -2.08. The average Bonchev–Trinajstić information content (AvgIpc) is 3.46. The third-order valence-corrected chi connectivity index (χ3v) is 5.70. The first kappa shape index (κ1) is 21.5. The molecule has 5 rings (SSSR count). The minimum Gasteiger partial charge on any atom is -0.497 e. The van der Waals surface area contributed by atoms with Crippen LogP contribution in [0.5, 0.6) is 5.75 Å². The van der Waals surface area contributed by atoms with Crippen molar-refractivity contribution in [3.8, 4) is 17.1 Å². The van der Waals surface area contributed by atoms with Crippen LogP contribution in [-0.2, 0) is 17.8 Å². The van der Waals surface area contributed by atoms with Gasteiger partial charge in [0, 0.05) is 36.1 Å². The number of hydrogen-bond donors (Lipinski definition) is 1. The van der Waals surface area contributed by atoms with Gasteiger partial charge in [-0.1, -0.05) is 18.2 Å². The second-order valence-corrected chi connectivity index (χ2v) is 8.02. The number of methoxy groups -OCH3 is 1. The molecule has 5 aromatic rings. The first-order valence-electron chi connectivity index (χ1n) is 10.9. The van der Waals surface area contributed by atoms with Crippen LogP contribution in [0.25, 0.3) is 33.1 Å². The summed E-state index contributed by atoms with van der Waals surface area (Å²) in [6.45, 7) is 2.65. The van der Waals surface area contributed by atoms with Gasteiger partial charge in [0.15, 0.2) is 0 Å². The fourth-order valence-electron chi connectivity index (χ4n) is 4.08. The number of aryl methyl sites for hydroxylation is 1. The van der Waals surface area contributed by atoms with Crippen LogP contribution < -0.4 is 15.7 Å². The van der Waals surface area contributed by atoms with Crippen molar-refractivity contribution in [1.29, 1.82) is 0 Å². The van der Waals surface area contributed by atoms with E-state index in [-0.39, 0.29) is 17.7 Å². The van der Waals surface area contributed by atoms with E-state index in [4.69, 9.17) is 13.6 Å². The average molecular weight is 457 g/mol. The Labute approximate surface area is 194 Å². The molecule has 8 nitrogen and oxygen atoms in total. The van der Waals surface area contributed by atoms with E-state index in [1.54, 1.807) is 31.0 Å². The molecule has 0 aliphatic rings. The summed E-state index contributed by atoms with van der Waals surface area (Å²) < 4.78 is 18.5. The number of fused-ring (bicyclic) bond motifs is 2. The Morgan fingerprint density at radius 1 is 1.12 bits per heavy atom. The maximum Gasteiger partial charge on any atom is 0.347 e. The predicted octanol–water partition coefficient (Wildman–Crippen LogP) is 4.08. The highest BCUT2D eigenvalue weighted by Crippen LogP contribution is 2.35. The Morgan fingerprint density at radius 3 is 2.74 bits per heavy atom. The molecule has 0 unspecified atom stereocenters. The number of hydrogen-bond acceptors (Lipinski definition) is 6. The molecule has 3 aromatic heterocycles. The summed E-state index contributed by atoms with van der Waals surface area (Å²) in [6.07, 6.45) is 3.50. The molecule has 0 fully saturated rings. The molecule has 3 heterocycles. The zero-order chi connectivity index (χ0) is 23.7. The zero-order valence-corrected chi connectivity index (χ0v) is 18.8. The van der Waals surface area contributed by atoms with E-state index < -0.39 is 5.63 Å². The third kappa shape index (κ3) is 4.17. The van der Waals surface area contributed by atoms with Gasteiger partial charge in [-0.2, -0.15) is 5.10 Å². The molecule has 0 saturated carbocycles. The molecule has 34 heavy (non-hydrogen) atoms. The van der Waals surface area contributed by atoms with E-state index in [9.17, 15) is 9.59 Å². The summed E-state index contributed by atoms with van der Waals surface area (Å²) in [5.74, 6) is 1.47. The Bertz CT molecular complexity index is 1550. The van der Waals surface area contributed by atoms with Crippen molar-refractivity contribution < 1.29 is 18.4 Å². The van der Waals surface area contributed by atoms with Crippen LogP contribution in [0.2, 0.25) is 0 Å². The van der Waals surface area contributed by atoms with Gasteiger partial charge in [0.1, 0.15) is 28.2 Å². The summed E-state index contributed by atoms with van der Waals surface area (Å²) in [5.41, 5.74) is 1.16. The number of rotatable bonds is 7. The third-order valence-electron chi connectivity index (χ3n) is 5.70. The lowest BCUT2D eigenvalue weighted by molar-refractivity contribution is -0.120. The second kappa shape index (κ2) is 8.90. The fourth-order valence-corrected chi connectivity index (χ4v) is 4.08. The molecule has 0 saturated heterocycles. The van der Waals surface area contributed by atoms with Gasteiger partial charge in [-0.15, -0.1) is 0 Å². The molecule has 1 amide bonds. The molecule has 8 heteroatoms. The molecular formula is C26H23N3O5. The first-order chi connectivity index (χ1) is 16.5. The van der Waals surface area contributed by atoms with Crippen molar-refractivity contribution in [3.05, 3.63) is 82.7 Å². The van der Waals surface area contributed by atoms with E-state index in [0.717, 1.165) is 22.1 Å². The number of furan rings is 1. The van der Waals surface area contributed by atoms with Crippen molar-refractivity contribution in [2.45, 2.75) is 19.9 Å². The highest BCUT2D eigenvalue weighted by molar-refractivity contribution is 5.95.